The van der Waals surface area contributed by atoms with Gasteiger partial charge in [0.15, 0.2) is 11.6 Å². The van der Waals surface area contributed by atoms with Crippen LogP contribution in [0, 0.1) is 0 Å². The Morgan fingerprint density at radius 2 is 2.00 bits per heavy atom. The quantitative estimate of drug-likeness (QED) is 0.627. The minimum absolute atomic E-state index is 0.0414. The van der Waals surface area contributed by atoms with Crippen molar-refractivity contribution in [2.24, 2.45) is 0 Å². The monoisotopic (exact) mass is 210 g/mol. The van der Waals surface area contributed by atoms with Crippen LogP contribution in [0.25, 0.3) is 21.8 Å². The number of aromatic amines is 1. The van der Waals surface area contributed by atoms with Crippen LogP contribution in [0.5, 0.6) is 0 Å². The Kier molecular flexibility index (Phi) is 1.80. The first-order valence-corrected chi connectivity index (χ1v) is 5.14. The van der Waals surface area contributed by atoms with E-state index in [0.717, 1.165) is 21.8 Å². The van der Waals surface area contributed by atoms with E-state index in [-0.39, 0.29) is 5.78 Å². The molecule has 78 valence electrons. The Hall–Kier alpha value is -2.16. The third-order valence-electron chi connectivity index (χ3n) is 2.71. The molecule has 0 unspecified atom stereocenters. The number of hydrogen-bond acceptors (Lipinski definition) is 2. The van der Waals surface area contributed by atoms with Crippen LogP contribution in [0.15, 0.2) is 36.4 Å². The molecule has 2 aromatic carbocycles. The molecule has 3 rings (SSSR count). The SMILES string of the molecule is CC(=O)c1nc2c(ccc3ccccc32)[nH]1. The van der Waals surface area contributed by atoms with Gasteiger partial charge in [0.05, 0.1) is 11.0 Å². The first-order chi connectivity index (χ1) is 7.75. The normalized spacial score (nSPS) is 11.1. The number of hydrogen-bond donors (Lipinski definition) is 1. The molecule has 0 aliphatic carbocycles. The maximum absolute atomic E-state index is 11.3. The number of H-pyrrole nitrogens is 1. The number of aromatic nitrogens is 2. The molecule has 1 heterocycles. The van der Waals surface area contributed by atoms with Crippen molar-refractivity contribution in [2.45, 2.75) is 6.92 Å². The van der Waals surface area contributed by atoms with Gasteiger partial charge in [-0.15, -0.1) is 0 Å². The summed E-state index contributed by atoms with van der Waals surface area (Å²) in [5.41, 5.74) is 1.77. The zero-order valence-corrected chi connectivity index (χ0v) is 8.82. The molecular weight excluding hydrogens is 200 g/mol. The molecule has 0 saturated carbocycles. The summed E-state index contributed by atoms with van der Waals surface area (Å²) in [5.74, 6) is 0.381. The molecule has 3 aromatic rings. The average molecular weight is 210 g/mol. The van der Waals surface area contributed by atoms with Gasteiger partial charge in [0.1, 0.15) is 0 Å². The molecule has 1 N–H and O–H groups in total. The number of ketones is 1. The van der Waals surface area contributed by atoms with Crippen molar-refractivity contribution in [3.63, 3.8) is 0 Å². The summed E-state index contributed by atoms with van der Waals surface area (Å²) in [5, 5.41) is 2.21. The lowest BCUT2D eigenvalue weighted by Crippen LogP contribution is -1.93. The van der Waals surface area contributed by atoms with Crippen molar-refractivity contribution in [3.05, 3.63) is 42.2 Å². The van der Waals surface area contributed by atoms with E-state index in [1.54, 1.807) is 0 Å². The van der Waals surface area contributed by atoms with Gasteiger partial charge in [-0.3, -0.25) is 4.79 Å². The molecule has 0 aliphatic heterocycles. The number of benzene rings is 2. The zero-order valence-electron chi connectivity index (χ0n) is 8.82. The molecule has 0 amide bonds. The van der Waals surface area contributed by atoms with Crippen molar-refractivity contribution in [2.75, 3.05) is 0 Å². The Morgan fingerprint density at radius 3 is 2.81 bits per heavy atom. The highest BCUT2D eigenvalue weighted by atomic mass is 16.1. The van der Waals surface area contributed by atoms with Crippen LogP contribution in [0.3, 0.4) is 0 Å². The summed E-state index contributed by atoms with van der Waals surface area (Å²) in [7, 11) is 0. The molecule has 1 aromatic heterocycles. The first kappa shape index (κ1) is 9.09. The van der Waals surface area contributed by atoms with Gasteiger partial charge in [0.25, 0.3) is 0 Å². The van der Waals surface area contributed by atoms with Crippen LogP contribution in [-0.2, 0) is 0 Å². The summed E-state index contributed by atoms with van der Waals surface area (Å²) in [6, 6.07) is 12.0. The van der Waals surface area contributed by atoms with Crippen LogP contribution in [-0.4, -0.2) is 15.8 Å². The molecule has 3 heteroatoms. The standard InChI is InChI=1S/C13H10N2O/c1-8(16)13-14-11-7-6-9-4-2-3-5-10(9)12(11)15-13/h2-7H,1H3,(H,14,15). The highest BCUT2D eigenvalue weighted by molar-refractivity contribution is 6.06. The van der Waals surface area contributed by atoms with Crippen molar-refractivity contribution in [1.82, 2.24) is 9.97 Å². The third-order valence-corrected chi connectivity index (χ3v) is 2.71. The number of imidazole rings is 1. The lowest BCUT2D eigenvalue weighted by Gasteiger charge is -1.96. The van der Waals surface area contributed by atoms with Crippen LogP contribution < -0.4 is 0 Å². The summed E-state index contributed by atoms with van der Waals surface area (Å²) in [4.78, 5) is 18.6. The fraction of sp³-hybridized carbons (Fsp3) is 0.0769. The van der Waals surface area contributed by atoms with Crippen molar-refractivity contribution >= 4 is 27.6 Å². The number of fused-ring (bicyclic) bond motifs is 3. The molecule has 0 saturated heterocycles. The summed E-state index contributed by atoms with van der Waals surface area (Å²) < 4.78 is 0. The second-order valence-corrected chi connectivity index (χ2v) is 3.82. The van der Waals surface area contributed by atoms with Gasteiger partial charge in [0.2, 0.25) is 0 Å². The predicted molar refractivity (Wildman–Crippen MR) is 63.6 cm³/mol. The summed E-state index contributed by atoms with van der Waals surface area (Å²) in [6.45, 7) is 1.51. The second-order valence-electron chi connectivity index (χ2n) is 3.82. The average Bonchev–Trinajstić information content (AvgIpc) is 2.73. The number of rotatable bonds is 1. The summed E-state index contributed by atoms with van der Waals surface area (Å²) in [6.07, 6.45) is 0. The van der Waals surface area contributed by atoms with E-state index in [1.165, 1.54) is 6.92 Å². The number of carbonyl (C=O) groups excluding carboxylic acids is 1. The largest absolute Gasteiger partial charge is 0.335 e. The van der Waals surface area contributed by atoms with E-state index in [0.29, 0.717) is 5.82 Å². The molecular formula is C13H10N2O. The number of Topliss-reactive ketones (excluding diaryl/α,β-unsaturated/α-hetero) is 1. The Bertz CT molecular complexity index is 697. The highest BCUT2D eigenvalue weighted by Gasteiger charge is 2.08. The molecule has 0 atom stereocenters. The van der Waals surface area contributed by atoms with E-state index in [9.17, 15) is 4.79 Å². The van der Waals surface area contributed by atoms with E-state index >= 15 is 0 Å². The third kappa shape index (κ3) is 1.21. The molecule has 0 fully saturated rings. The predicted octanol–water partition coefficient (Wildman–Crippen LogP) is 2.92. The number of nitrogens with zero attached hydrogens (tertiary/aromatic N) is 1. The maximum Gasteiger partial charge on any atom is 0.195 e. The Labute approximate surface area is 92.1 Å². The van der Waals surface area contributed by atoms with Gasteiger partial charge in [-0.2, -0.15) is 0 Å². The van der Waals surface area contributed by atoms with Crippen molar-refractivity contribution < 1.29 is 4.79 Å². The van der Waals surface area contributed by atoms with E-state index in [2.05, 4.69) is 9.97 Å². The van der Waals surface area contributed by atoms with Gasteiger partial charge in [-0.05, 0) is 11.5 Å². The maximum atomic E-state index is 11.3. The Balaban J connectivity index is 2.46. The minimum atomic E-state index is -0.0414. The molecule has 3 nitrogen and oxygen atoms in total. The van der Waals surface area contributed by atoms with E-state index < -0.39 is 0 Å². The molecule has 0 radical (unpaired) electrons. The van der Waals surface area contributed by atoms with Crippen LogP contribution in [0.2, 0.25) is 0 Å². The topological polar surface area (TPSA) is 45.8 Å². The molecule has 16 heavy (non-hydrogen) atoms. The van der Waals surface area contributed by atoms with Crippen LogP contribution in [0.4, 0.5) is 0 Å². The highest BCUT2D eigenvalue weighted by Crippen LogP contribution is 2.23. The fourth-order valence-corrected chi connectivity index (χ4v) is 1.91. The molecule has 0 bridgehead atoms. The summed E-state index contributed by atoms with van der Waals surface area (Å²) >= 11 is 0. The second kappa shape index (κ2) is 3.17. The van der Waals surface area contributed by atoms with Crippen molar-refractivity contribution in [3.8, 4) is 0 Å². The first-order valence-electron chi connectivity index (χ1n) is 5.14. The molecule has 0 aliphatic rings. The van der Waals surface area contributed by atoms with Gasteiger partial charge in [-0.1, -0.05) is 30.3 Å². The minimum Gasteiger partial charge on any atom is -0.335 e. The van der Waals surface area contributed by atoms with Gasteiger partial charge >= 0.3 is 0 Å². The lowest BCUT2D eigenvalue weighted by molar-refractivity contribution is 0.100. The number of nitrogens with one attached hydrogen (secondary N) is 1. The van der Waals surface area contributed by atoms with Crippen LogP contribution in [0.1, 0.15) is 17.5 Å². The molecule has 0 spiro atoms. The van der Waals surface area contributed by atoms with Crippen LogP contribution >= 0.6 is 0 Å². The Morgan fingerprint density at radius 1 is 1.19 bits per heavy atom. The van der Waals surface area contributed by atoms with E-state index in [4.69, 9.17) is 0 Å². The van der Waals surface area contributed by atoms with Gasteiger partial charge in [-0.25, -0.2) is 4.98 Å². The smallest absolute Gasteiger partial charge is 0.195 e. The van der Waals surface area contributed by atoms with E-state index in [1.807, 2.05) is 36.4 Å². The lowest BCUT2D eigenvalue weighted by atomic mass is 10.1. The fourth-order valence-electron chi connectivity index (χ4n) is 1.91. The van der Waals surface area contributed by atoms with Crippen molar-refractivity contribution in [1.29, 1.82) is 0 Å². The van der Waals surface area contributed by atoms with Gasteiger partial charge < -0.3 is 4.98 Å². The number of carbonyl (C=O) groups is 1. The zero-order chi connectivity index (χ0) is 11.1. The van der Waals surface area contributed by atoms with Gasteiger partial charge in [0, 0.05) is 12.3 Å².